The molecule has 4 heteroatoms. The first-order valence-electron chi connectivity index (χ1n) is 3.69. The Hall–Kier alpha value is -1.32. The van der Waals surface area contributed by atoms with Crippen LogP contribution in [0.2, 0.25) is 0 Å². The topological polar surface area (TPSA) is 18.5 Å². The first-order chi connectivity index (χ1) is 6.22. The summed E-state index contributed by atoms with van der Waals surface area (Å²) >= 11 is 0. The molecule has 0 heterocycles. The van der Waals surface area contributed by atoms with Gasteiger partial charge in [-0.3, -0.25) is 0 Å². The molecule has 0 aliphatic heterocycles. The predicted octanol–water partition coefficient (Wildman–Crippen LogP) is 2.31. The summed E-state index contributed by atoms with van der Waals surface area (Å²) in [6.45, 7) is -0.890. The second-order valence-electron chi connectivity index (χ2n) is 2.42. The maximum Gasteiger partial charge on any atom is 0.136 e. The Kier molecular flexibility index (Phi) is 3.06. The Balaban J connectivity index is 3.20. The lowest BCUT2D eigenvalue weighted by Crippen LogP contribution is -1.95. The number of alkyl halides is 1. The average Bonchev–Trinajstić information content (AvgIpc) is 2.16. The van der Waals surface area contributed by atoms with Gasteiger partial charge in [0.2, 0.25) is 0 Å². The molecule has 0 amide bonds. The maximum atomic E-state index is 13.1. The molecular weight excluding hydrogens is 178 g/mol. The van der Waals surface area contributed by atoms with Crippen molar-refractivity contribution >= 4 is 0 Å². The smallest absolute Gasteiger partial charge is 0.136 e. The molecule has 1 aromatic carbocycles. The highest BCUT2D eigenvalue weighted by Gasteiger charge is 2.11. The SMILES string of the molecule is COc1cc(F)c(CF)c(OC)c1. The third-order valence-corrected chi connectivity index (χ3v) is 1.72. The fourth-order valence-electron chi connectivity index (χ4n) is 1.02. The molecule has 0 spiro atoms. The third-order valence-electron chi connectivity index (χ3n) is 1.72. The molecule has 2 nitrogen and oxygen atoms in total. The van der Waals surface area contributed by atoms with Crippen molar-refractivity contribution in [3.63, 3.8) is 0 Å². The Morgan fingerprint density at radius 1 is 1.23 bits per heavy atom. The standard InChI is InChI=1S/C9H10F2O2/c1-12-6-3-8(11)7(5-10)9(4-6)13-2/h3-4H,5H2,1-2H3. The molecule has 0 saturated carbocycles. The van der Waals surface area contributed by atoms with Gasteiger partial charge in [-0.05, 0) is 0 Å². The summed E-state index contributed by atoms with van der Waals surface area (Å²) in [5.41, 5.74) is -0.0803. The minimum Gasteiger partial charge on any atom is -0.497 e. The molecular formula is C9H10F2O2. The highest BCUT2D eigenvalue weighted by Crippen LogP contribution is 2.28. The van der Waals surface area contributed by atoms with Crippen LogP contribution >= 0.6 is 0 Å². The minimum atomic E-state index is -0.890. The van der Waals surface area contributed by atoms with E-state index in [1.807, 2.05) is 0 Å². The summed E-state index contributed by atoms with van der Waals surface area (Å²) in [5, 5.41) is 0. The Labute approximate surface area is 75.1 Å². The molecule has 0 aliphatic rings. The van der Waals surface area contributed by atoms with Crippen molar-refractivity contribution in [2.24, 2.45) is 0 Å². The van der Waals surface area contributed by atoms with Gasteiger partial charge in [-0.2, -0.15) is 0 Å². The van der Waals surface area contributed by atoms with Gasteiger partial charge in [0.05, 0.1) is 19.8 Å². The van der Waals surface area contributed by atoms with Crippen LogP contribution in [-0.2, 0) is 6.67 Å². The van der Waals surface area contributed by atoms with Crippen LogP contribution in [0.15, 0.2) is 12.1 Å². The van der Waals surface area contributed by atoms with Crippen LogP contribution in [0, 0.1) is 5.82 Å². The van der Waals surface area contributed by atoms with Crippen molar-refractivity contribution in [1.29, 1.82) is 0 Å². The van der Waals surface area contributed by atoms with E-state index in [-0.39, 0.29) is 11.3 Å². The Bertz CT molecular complexity index is 300. The van der Waals surface area contributed by atoms with Gasteiger partial charge < -0.3 is 9.47 Å². The molecule has 0 fully saturated rings. The second kappa shape index (κ2) is 4.07. The van der Waals surface area contributed by atoms with Gasteiger partial charge in [-0.15, -0.1) is 0 Å². The van der Waals surface area contributed by atoms with E-state index < -0.39 is 12.5 Å². The van der Waals surface area contributed by atoms with Gasteiger partial charge in [-0.1, -0.05) is 0 Å². The summed E-state index contributed by atoms with van der Waals surface area (Å²) < 4.78 is 35.0. The second-order valence-corrected chi connectivity index (χ2v) is 2.42. The lowest BCUT2D eigenvalue weighted by atomic mass is 10.2. The lowest BCUT2D eigenvalue weighted by Gasteiger charge is -2.08. The number of benzene rings is 1. The molecule has 0 unspecified atom stereocenters. The van der Waals surface area contributed by atoms with Crippen molar-refractivity contribution in [2.45, 2.75) is 6.67 Å². The molecule has 1 aromatic rings. The van der Waals surface area contributed by atoms with Crippen molar-refractivity contribution < 1.29 is 18.3 Å². The fourth-order valence-corrected chi connectivity index (χ4v) is 1.02. The van der Waals surface area contributed by atoms with Crippen LogP contribution in [0.5, 0.6) is 11.5 Å². The fraction of sp³-hybridized carbons (Fsp3) is 0.333. The number of hydrogen-bond donors (Lipinski definition) is 0. The van der Waals surface area contributed by atoms with Crippen molar-refractivity contribution in [1.82, 2.24) is 0 Å². The van der Waals surface area contributed by atoms with Crippen molar-refractivity contribution in [2.75, 3.05) is 14.2 Å². The highest BCUT2D eigenvalue weighted by atomic mass is 19.1. The van der Waals surface area contributed by atoms with E-state index in [1.54, 1.807) is 0 Å². The van der Waals surface area contributed by atoms with Crippen LogP contribution < -0.4 is 9.47 Å². The number of rotatable bonds is 3. The van der Waals surface area contributed by atoms with Crippen molar-refractivity contribution in [3.8, 4) is 11.5 Å². The Morgan fingerprint density at radius 2 is 1.92 bits per heavy atom. The normalized spacial score (nSPS) is 9.85. The summed E-state index contributed by atoms with van der Waals surface area (Å²) in [6, 6.07) is 2.56. The van der Waals surface area contributed by atoms with E-state index in [4.69, 9.17) is 9.47 Å². The molecule has 0 radical (unpaired) electrons. The molecule has 13 heavy (non-hydrogen) atoms. The van der Waals surface area contributed by atoms with Crippen LogP contribution in [0.1, 0.15) is 5.56 Å². The number of ether oxygens (including phenoxy) is 2. The van der Waals surface area contributed by atoms with Gasteiger partial charge in [0.15, 0.2) is 0 Å². The zero-order valence-electron chi connectivity index (χ0n) is 7.43. The summed E-state index contributed by atoms with van der Waals surface area (Å²) in [7, 11) is 2.76. The zero-order chi connectivity index (χ0) is 9.84. The largest absolute Gasteiger partial charge is 0.497 e. The number of hydrogen-bond acceptors (Lipinski definition) is 2. The van der Waals surface area contributed by atoms with Gasteiger partial charge in [0.1, 0.15) is 24.0 Å². The number of halogens is 2. The van der Waals surface area contributed by atoms with Gasteiger partial charge in [0.25, 0.3) is 0 Å². The van der Waals surface area contributed by atoms with Gasteiger partial charge >= 0.3 is 0 Å². The third kappa shape index (κ3) is 1.88. The minimum absolute atomic E-state index is 0.0803. The first-order valence-corrected chi connectivity index (χ1v) is 3.69. The lowest BCUT2D eigenvalue weighted by molar-refractivity contribution is 0.370. The molecule has 72 valence electrons. The molecule has 0 saturated heterocycles. The van der Waals surface area contributed by atoms with Crippen LogP contribution in [0.3, 0.4) is 0 Å². The summed E-state index contributed by atoms with van der Waals surface area (Å²) in [4.78, 5) is 0. The van der Waals surface area contributed by atoms with E-state index in [0.717, 1.165) is 6.07 Å². The molecule has 1 rings (SSSR count). The Morgan fingerprint density at radius 3 is 2.38 bits per heavy atom. The molecule has 0 N–H and O–H groups in total. The van der Waals surface area contributed by atoms with E-state index in [2.05, 4.69) is 0 Å². The maximum absolute atomic E-state index is 13.1. The van der Waals surface area contributed by atoms with E-state index >= 15 is 0 Å². The van der Waals surface area contributed by atoms with Crippen LogP contribution in [0.25, 0.3) is 0 Å². The van der Waals surface area contributed by atoms with Crippen LogP contribution in [0.4, 0.5) is 8.78 Å². The quantitative estimate of drug-likeness (QED) is 0.724. The summed E-state index contributed by atoms with van der Waals surface area (Å²) in [6.07, 6.45) is 0. The zero-order valence-corrected chi connectivity index (χ0v) is 7.43. The van der Waals surface area contributed by atoms with Crippen LogP contribution in [-0.4, -0.2) is 14.2 Å². The van der Waals surface area contributed by atoms with Crippen molar-refractivity contribution in [3.05, 3.63) is 23.5 Å². The first kappa shape index (κ1) is 9.77. The highest BCUT2D eigenvalue weighted by molar-refractivity contribution is 5.41. The monoisotopic (exact) mass is 188 g/mol. The molecule has 0 atom stereocenters. The van der Waals surface area contributed by atoms with Gasteiger partial charge in [0, 0.05) is 12.1 Å². The molecule has 0 bridgehead atoms. The van der Waals surface area contributed by atoms with Gasteiger partial charge in [-0.25, -0.2) is 8.78 Å². The van der Waals surface area contributed by atoms with E-state index in [1.165, 1.54) is 20.3 Å². The average molecular weight is 188 g/mol. The number of methoxy groups -OCH3 is 2. The molecule has 0 aromatic heterocycles. The van der Waals surface area contributed by atoms with E-state index in [9.17, 15) is 8.78 Å². The molecule has 0 aliphatic carbocycles. The predicted molar refractivity (Wildman–Crippen MR) is 44.3 cm³/mol. The van der Waals surface area contributed by atoms with E-state index in [0.29, 0.717) is 5.75 Å². The summed E-state index contributed by atoms with van der Waals surface area (Å²) in [5.74, 6) is -0.176.